The number of rotatable bonds is 4. The number of methoxy groups -OCH3 is 1. The summed E-state index contributed by atoms with van der Waals surface area (Å²) in [6.07, 6.45) is 0.299. The number of anilines is 1. The highest BCUT2D eigenvalue weighted by molar-refractivity contribution is 6.07. The third kappa shape index (κ3) is 3.49. The largest absolute Gasteiger partial charge is 0.465 e. The molecule has 0 bridgehead atoms. The lowest BCUT2D eigenvalue weighted by Crippen LogP contribution is -2.15. The summed E-state index contributed by atoms with van der Waals surface area (Å²) >= 11 is 0. The molecule has 0 unspecified atom stereocenters. The molecule has 1 N–H and O–H groups in total. The summed E-state index contributed by atoms with van der Waals surface area (Å²) in [5.74, 6) is -0.847. The smallest absolute Gasteiger partial charge is 0.339 e. The molecular weight excluding hydrogens is 280 g/mol. The monoisotopic (exact) mass is 294 g/mol. The Balaban J connectivity index is 2.19. The lowest BCUT2D eigenvalue weighted by molar-refractivity contribution is 0.0602. The zero-order valence-corrected chi connectivity index (χ0v) is 12.0. The second-order valence-electron chi connectivity index (χ2n) is 4.52. The van der Waals surface area contributed by atoms with Crippen molar-refractivity contribution in [1.29, 1.82) is 5.26 Å². The van der Waals surface area contributed by atoms with Crippen LogP contribution >= 0.6 is 0 Å². The fourth-order valence-corrected chi connectivity index (χ4v) is 1.94. The Morgan fingerprint density at radius 2 is 1.82 bits per heavy atom. The molecule has 0 heterocycles. The number of hydrogen-bond donors (Lipinski definition) is 1. The van der Waals surface area contributed by atoms with Crippen LogP contribution in [-0.2, 0) is 11.2 Å². The van der Waals surface area contributed by atoms with Crippen LogP contribution in [0.15, 0.2) is 48.5 Å². The van der Waals surface area contributed by atoms with Crippen molar-refractivity contribution in [3.8, 4) is 6.07 Å². The van der Waals surface area contributed by atoms with E-state index >= 15 is 0 Å². The van der Waals surface area contributed by atoms with Crippen LogP contribution in [-0.4, -0.2) is 19.0 Å². The first-order valence-corrected chi connectivity index (χ1v) is 6.60. The number of nitriles is 1. The maximum Gasteiger partial charge on any atom is 0.339 e. The van der Waals surface area contributed by atoms with E-state index in [1.165, 1.54) is 7.11 Å². The first-order valence-electron chi connectivity index (χ1n) is 6.60. The number of benzene rings is 2. The first-order chi connectivity index (χ1) is 10.7. The van der Waals surface area contributed by atoms with Crippen molar-refractivity contribution >= 4 is 17.6 Å². The molecule has 0 aliphatic rings. The summed E-state index contributed by atoms with van der Waals surface area (Å²) in [5.41, 5.74) is 1.97. The quantitative estimate of drug-likeness (QED) is 0.879. The normalized spacial score (nSPS) is 9.64. The molecule has 0 saturated carbocycles. The van der Waals surface area contributed by atoms with Gasteiger partial charge in [-0.1, -0.05) is 24.3 Å². The van der Waals surface area contributed by atoms with Gasteiger partial charge in [-0.15, -0.1) is 0 Å². The Hall–Kier alpha value is -3.13. The van der Waals surface area contributed by atoms with Crippen LogP contribution in [0.1, 0.15) is 26.3 Å². The van der Waals surface area contributed by atoms with Crippen molar-refractivity contribution in [1.82, 2.24) is 0 Å². The molecule has 2 aromatic carbocycles. The predicted molar refractivity (Wildman–Crippen MR) is 81.5 cm³/mol. The Labute approximate surface area is 128 Å². The van der Waals surface area contributed by atoms with E-state index < -0.39 is 5.97 Å². The van der Waals surface area contributed by atoms with Crippen molar-refractivity contribution in [3.63, 3.8) is 0 Å². The summed E-state index contributed by atoms with van der Waals surface area (Å²) in [4.78, 5) is 23.9. The van der Waals surface area contributed by atoms with Gasteiger partial charge >= 0.3 is 5.97 Å². The number of para-hydroxylation sites is 1. The van der Waals surface area contributed by atoms with Crippen LogP contribution in [0.3, 0.4) is 0 Å². The molecule has 22 heavy (non-hydrogen) atoms. The zero-order chi connectivity index (χ0) is 15.9. The SMILES string of the molecule is COC(=O)c1ccccc1NC(=O)c1ccc(CC#N)cc1. The molecule has 2 aromatic rings. The van der Waals surface area contributed by atoms with Crippen LogP contribution in [0.2, 0.25) is 0 Å². The molecular formula is C17H14N2O3. The van der Waals surface area contributed by atoms with Gasteiger partial charge < -0.3 is 10.1 Å². The van der Waals surface area contributed by atoms with Gasteiger partial charge in [-0.25, -0.2) is 4.79 Å². The number of ether oxygens (including phenoxy) is 1. The number of esters is 1. The van der Waals surface area contributed by atoms with Crippen LogP contribution in [0, 0.1) is 11.3 Å². The molecule has 2 rings (SSSR count). The highest BCUT2D eigenvalue weighted by Gasteiger charge is 2.14. The summed E-state index contributed by atoms with van der Waals surface area (Å²) < 4.78 is 4.69. The molecule has 0 aliphatic carbocycles. The summed E-state index contributed by atoms with van der Waals surface area (Å²) in [5, 5.41) is 11.3. The van der Waals surface area contributed by atoms with Gasteiger partial charge in [-0.3, -0.25) is 4.79 Å². The predicted octanol–water partition coefficient (Wildman–Crippen LogP) is 2.79. The molecule has 0 spiro atoms. The first kappa shape index (κ1) is 15.3. The van der Waals surface area contributed by atoms with Crippen molar-refractivity contribution < 1.29 is 14.3 Å². The van der Waals surface area contributed by atoms with Gasteiger partial charge in [0.2, 0.25) is 0 Å². The van der Waals surface area contributed by atoms with Crippen LogP contribution in [0.25, 0.3) is 0 Å². The summed E-state index contributed by atoms with van der Waals surface area (Å²) in [6, 6.07) is 15.4. The van der Waals surface area contributed by atoms with Crippen LogP contribution < -0.4 is 5.32 Å². The van der Waals surface area contributed by atoms with E-state index in [2.05, 4.69) is 10.1 Å². The van der Waals surface area contributed by atoms with Crippen molar-refractivity contribution in [2.24, 2.45) is 0 Å². The van der Waals surface area contributed by atoms with E-state index in [0.717, 1.165) is 5.56 Å². The molecule has 0 radical (unpaired) electrons. The van der Waals surface area contributed by atoms with E-state index in [9.17, 15) is 9.59 Å². The molecule has 0 aliphatic heterocycles. The summed E-state index contributed by atoms with van der Waals surface area (Å²) in [7, 11) is 1.29. The molecule has 1 amide bonds. The van der Waals surface area contributed by atoms with Crippen LogP contribution in [0.4, 0.5) is 5.69 Å². The van der Waals surface area contributed by atoms with E-state index in [-0.39, 0.29) is 5.91 Å². The fourth-order valence-electron chi connectivity index (χ4n) is 1.94. The van der Waals surface area contributed by atoms with E-state index in [1.54, 1.807) is 48.5 Å². The number of amides is 1. The molecule has 110 valence electrons. The number of nitrogens with zero attached hydrogens (tertiary/aromatic N) is 1. The lowest BCUT2D eigenvalue weighted by atomic mass is 10.1. The summed E-state index contributed by atoms with van der Waals surface area (Å²) in [6.45, 7) is 0. The van der Waals surface area contributed by atoms with Crippen molar-refractivity contribution in [2.45, 2.75) is 6.42 Å². The molecule has 0 saturated heterocycles. The second-order valence-corrected chi connectivity index (χ2v) is 4.52. The maximum atomic E-state index is 12.2. The number of carbonyl (C=O) groups excluding carboxylic acids is 2. The van der Waals surface area contributed by atoms with Crippen molar-refractivity contribution in [3.05, 3.63) is 65.2 Å². The van der Waals surface area contributed by atoms with Crippen molar-refractivity contribution in [2.75, 3.05) is 12.4 Å². The van der Waals surface area contributed by atoms with Gasteiger partial charge in [0.15, 0.2) is 0 Å². The third-order valence-electron chi connectivity index (χ3n) is 3.08. The molecule has 0 aromatic heterocycles. The highest BCUT2D eigenvalue weighted by Crippen LogP contribution is 2.17. The fraction of sp³-hybridized carbons (Fsp3) is 0.118. The van der Waals surface area contributed by atoms with Crippen LogP contribution in [0.5, 0.6) is 0 Å². The minimum Gasteiger partial charge on any atom is -0.465 e. The second kappa shape index (κ2) is 7.04. The van der Waals surface area contributed by atoms with Gasteiger partial charge in [0, 0.05) is 5.56 Å². The number of nitrogens with one attached hydrogen (secondary N) is 1. The number of carbonyl (C=O) groups is 2. The van der Waals surface area contributed by atoms with E-state index in [0.29, 0.717) is 23.2 Å². The van der Waals surface area contributed by atoms with E-state index in [1.807, 2.05) is 6.07 Å². The molecule has 0 atom stereocenters. The minimum atomic E-state index is -0.514. The lowest BCUT2D eigenvalue weighted by Gasteiger charge is -2.09. The van der Waals surface area contributed by atoms with Gasteiger partial charge in [0.25, 0.3) is 5.91 Å². The molecule has 0 fully saturated rings. The number of hydrogen-bond acceptors (Lipinski definition) is 4. The van der Waals surface area contributed by atoms with E-state index in [4.69, 9.17) is 5.26 Å². The average molecular weight is 294 g/mol. The minimum absolute atomic E-state index is 0.291. The Kier molecular flexibility index (Phi) is 4.89. The van der Waals surface area contributed by atoms with Gasteiger partial charge in [-0.05, 0) is 29.8 Å². The van der Waals surface area contributed by atoms with Gasteiger partial charge in [0.1, 0.15) is 0 Å². The third-order valence-corrected chi connectivity index (χ3v) is 3.08. The molecule has 5 nitrogen and oxygen atoms in total. The maximum absolute atomic E-state index is 12.2. The van der Waals surface area contributed by atoms with Gasteiger partial charge in [-0.2, -0.15) is 5.26 Å². The standard InChI is InChI=1S/C17H14N2O3/c1-22-17(21)14-4-2-3-5-15(14)19-16(20)13-8-6-12(7-9-13)10-11-18/h2-9H,10H2,1H3,(H,19,20). The molecule has 5 heteroatoms. The topological polar surface area (TPSA) is 79.2 Å². The van der Waals surface area contributed by atoms with Gasteiger partial charge in [0.05, 0.1) is 30.9 Å². The highest BCUT2D eigenvalue weighted by atomic mass is 16.5. The Morgan fingerprint density at radius 3 is 2.45 bits per heavy atom. The Morgan fingerprint density at radius 1 is 1.14 bits per heavy atom. The zero-order valence-electron chi connectivity index (χ0n) is 12.0. The Bertz CT molecular complexity index is 730. The average Bonchev–Trinajstić information content (AvgIpc) is 2.55.